The van der Waals surface area contributed by atoms with Crippen LogP contribution in [0.3, 0.4) is 0 Å². The molecular formula is C29H28F3N3O. The molecule has 2 aromatic carbocycles. The molecule has 1 aliphatic heterocycles. The zero-order valence-electron chi connectivity index (χ0n) is 20.6. The monoisotopic (exact) mass is 491 g/mol. The van der Waals surface area contributed by atoms with Crippen LogP contribution in [0.5, 0.6) is 0 Å². The van der Waals surface area contributed by atoms with Gasteiger partial charge >= 0.3 is 6.18 Å². The van der Waals surface area contributed by atoms with E-state index in [0.29, 0.717) is 29.9 Å². The summed E-state index contributed by atoms with van der Waals surface area (Å²) in [7, 11) is 2.03. The minimum absolute atomic E-state index is 0.00320. The molecule has 4 nitrogen and oxygen atoms in total. The van der Waals surface area contributed by atoms with Crippen molar-refractivity contribution in [3.63, 3.8) is 0 Å². The van der Waals surface area contributed by atoms with Gasteiger partial charge in [0.15, 0.2) is 0 Å². The molecule has 0 saturated carbocycles. The van der Waals surface area contributed by atoms with Crippen LogP contribution >= 0.6 is 0 Å². The highest BCUT2D eigenvalue weighted by Gasteiger charge is 2.31. The van der Waals surface area contributed by atoms with Crippen molar-refractivity contribution in [3.8, 4) is 11.3 Å². The van der Waals surface area contributed by atoms with Crippen LogP contribution in [0, 0.1) is 13.8 Å². The van der Waals surface area contributed by atoms with Crippen molar-refractivity contribution in [3.05, 3.63) is 88.7 Å². The number of halogens is 3. The SMILES string of the molecule is Cc1c(C)n(C)c2ccc(C(=O)N3CCC[C@@H](c4cccc(-c5cccc(C(F)(F)F)c5)n4)C3)cc12. The normalized spacial score (nSPS) is 16.5. The maximum atomic E-state index is 13.4. The third-order valence-corrected chi connectivity index (χ3v) is 7.44. The summed E-state index contributed by atoms with van der Waals surface area (Å²) in [6.45, 7) is 5.36. The molecule has 1 saturated heterocycles. The average Bonchev–Trinajstić information content (AvgIpc) is 3.11. The molecular weight excluding hydrogens is 463 g/mol. The molecule has 1 atom stereocenters. The standard InChI is InChI=1S/C29H28F3N3O/c1-18-19(2)34(3)27-13-12-21(16-24(18)27)28(36)35-14-6-8-22(17-35)26-11-5-10-25(33-26)20-7-4-9-23(15-20)29(30,31)32/h4-5,7,9-13,15-16,22H,6,8,14,17H2,1-3H3/t22-/m1/s1. The molecule has 3 heterocycles. The Morgan fingerprint density at radius 2 is 1.81 bits per heavy atom. The highest BCUT2D eigenvalue weighted by atomic mass is 19.4. The maximum Gasteiger partial charge on any atom is 0.416 e. The molecule has 7 heteroatoms. The van der Waals surface area contributed by atoms with Gasteiger partial charge in [0, 0.05) is 59.5 Å². The summed E-state index contributed by atoms with van der Waals surface area (Å²) in [5.41, 5.74) is 5.17. The van der Waals surface area contributed by atoms with E-state index in [0.717, 1.165) is 41.6 Å². The Labute approximate surface area is 208 Å². The Balaban J connectivity index is 1.38. The predicted octanol–water partition coefficient (Wildman–Crippen LogP) is 6.90. The molecule has 5 rings (SSSR count). The number of hydrogen-bond acceptors (Lipinski definition) is 2. The summed E-state index contributed by atoms with van der Waals surface area (Å²) in [5.74, 6) is 0.0226. The molecule has 4 aromatic rings. The maximum absolute atomic E-state index is 13.4. The van der Waals surface area contributed by atoms with Crippen LogP contribution in [0.1, 0.15) is 51.6 Å². The lowest BCUT2D eigenvalue weighted by molar-refractivity contribution is -0.137. The first-order valence-electron chi connectivity index (χ1n) is 12.1. The van der Waals surface area contributed by atoms with Crippen molar-refractivity contribution in [1.82, 2.24) is 14.5 Å². The van der Waals surface area contributed by atoms with Crippen LogP contribution < -0.4 is 0 Å². The number of nitrogens with zero attached hydrogens (tertiary/aromatic N) is 3. The van der Waals surface area contributed by atoms with Crippen molar-refractivity contribution in [2.75, 3.05) is 13.1 Å². The van der Waals surface area contributed by atoms with Gasteiger partial charge in [0.25, 0.3) is 5.91 Å². The minimum atomic E-state index is -4.40. The van der Waals surface area contributed by atoms with Gasteiger partial charge in [0.2, 0.25) is 0 Å². The molecule has 1 fully saturated rings. The van der Waals surface area contributed by atoms with Crippen LogP contribution in [0.4, 0.5) is 13.2 Å². The van der Waals surface area contributed by atoms with Gasteiger partial charge in [0.1, 0.15) is 0 Å². The number of likely N-dealkylation sites (tertiary alicyclic amines) is 1. The van der Waals surface area contributed by atoms with E-state index < -0.39 is 11.7 Å². The van der Waals surface area contributed by atoms with Crippen LogP contribution in [0.15, 0.2) is 60.7 Å². The molecule has 0 unspecified atom stereocenters. The zero-order valence-corrected chi connectivity index (χ0v) is 20.6. The minimum Gasteiger partial charge on any atom is -0.348 e. The summed E-state index contributed by atoms with van der Waals surface area (Å²) in [4.78, 5) is 20.0. The zero-order chi connectivity index (χ0) is 25.6. The van der Waals surface area contributed by atoms with Gasteiger partial charge in [-0.15, -0.1) is 0 Å². The lowest BCUT2D eigenvalue weighted by Crippen LogP contribution is -2.39. The first-order valence-corrected chi connectivity index (χ1v) is 12.1. The number of amides is 1. The molecule has 0 bridgehead atoms. The van der Waals surface area contributed by atoms with Crippen molar-refractivity contribution in [1.29, 1.82) is 0 Å². The number of carbonyl (C=O) groups is 1. The summed E-state index contributed by atoms with van der Waals surface area (Å²) < 4.78 is 41.7. The molecule has 0 N–H and O–H groups in total. The Bertz CT molecular complexity index is 1450. The molecule has 0 spiro atoms. The van der Waals surface area contributed by atoms with Gasteiger partial charge in [-0.3, -0.25) is 9.78 Å². The van der Waals surface area contributed by atoms with Gasteiger partial charge in [-0.25, -0.2) is 0 Å². The van der Waals surface area contributed by atoms with Gasteiger partial charge in [-0.2, -0.15) is 13.2 Å². The van der Waals surface area contributed by atoms with Gasteiger partial charge in [0.05, 0.1) is 11.3 Å². The first kappa shape index (κ1) is 24.1. The third kappa shape index (κ3) is 4.38. The fourth-order valence-corrected chi connectivity index (χ4v) is 5.17. The number of hydrogen-bond donors (Lipinski definition) is 0. The fourth-order valence-electron chi connectivity index (χ4n) is 5.17. The van der Waals surface area contributed by atoms with Crippen molar-refractivity contribution >= 4 is 16.8 Å². The molecule has 36 heavy (non-hydrogen) atoms. The van der Waals surface area contributed by atoms with E-state index in [2.05, 4.69) is 18.4 Å². The lowest BCUT2D eigenvalue weighted by atomic mass is 9.93. The second-order valence-electron chi connectivity index (χ2n) is 9.62. The van der Waals surface area contributed by atoms with E-state index in [1.54, 1.807) is 12.1 Å². The van der Waals surface area contributed by atoms with E-state index >= 15 is 0 Å². The van der Waals surface area contributed by atoms with Crippen LogP contribution in [-0.2, 0) is 13.2 Å². The second kappa shape index (κ2) is 9.12. The number of piperidine rings is 1. The quantitative estimate of drug-likeness (QED) is 0.313. The summed E-state index contributed by atoms with van der Waals surface area (Å²) in [5, 5.41) is 1.09. The van der Waals surface area contributed by atoms with Gasteiger partial charge in [-0.05, 0) is 74.7 Å². The number of rotatable bonds is 3. The van der Waals surface area contributed by atoms with E-state index in [1.165, 1.54) is 17.3 Å². The summed E-state index contributed by atoms with van der Waals surface area (Å²) in [6.07, 6.45) is -2.69. The molecule has 1 amide bonds. The smallest absolute Gasteiger partial charge is 0.348 e. The highest BCUT2D eigenvalue weighted by molar-refractivity contribution is 5.99. The average molecular weight is 492 g/mol. The third-order valence-electron chi connectivity index (χ3n) is 7.44. The fraction of sp³-hybridized carbons (Fsp3) is 0.310. The van der Waals surface area contributed by atoms with Crippen LogP contribution in [0.25, 0.3) is 22.2 Å². The summed E-state index contributed by atoms with van der Waals surface area (Å²) in [6, 6.07) is 16.6. The largest absolute Gasteiger partial charge is 0.416 e. The number of carbonyl (C=O) groups excluding carboxylic acids is 1. The number of pyridine rings is 1. The number of fused-ring (bicyclic) bond motifs is 1. The van der Waals surface area contributed by atoms with Crippen molar-refractivity contribution in [2.24, 2.45) is 7.05 Å². The summed E-state index contributed by atoms with van der Waals surface area (Å²) >= 11 is 0. The highest BCUT2D eigenvalue weighted by Crippen LogP contribution is 2.33. The van der Waals surface area contributed by atoms with Crippen molar-refractivity contribution in [2.45, 2.75) is 38.8 Å². The van der Waals surface area contributed by atoms with E-state index in [-0.39, 0.29) is 11.8 Å². The Hall–Kier alpha value is -3.61. The van der Waals surface area contributed by atoms with Crippen LogP contribution in [0.2, 0.25) is 0 Å². The number of benzene rings is 2. The van der Waals surface area contributed by atoms with E-state index in [4.69, 9.17) is 4.98 Å². The Morgan fingerprint density at radius 1 is 1.03 bits per heavy atom. The number of aromatic nitrogens is 2. The molecule has 2 aromatic heterocycles. The predicted molar refractivity (Wildman–Crippen MR) is 135 cm³/mol. The number of aryl methyl sites for hydroxylation is 2. The van der Waals surface area contributed by atoms with E-state index in [1.807, 2.05) is 42.3 Å². The van der Waals surface area contributed by atoms with Crippen LogP contribution in [-0.4, -0.2) is 33.4 Å². The van der Waals surface area contributed by atoms with Crippen molar-refractivity contribution < 1.29 is 18.0 Å². The van der Waals surface area contributed by atoms with E-state index in [9.17, 15) is 18.0 Å². The molecule has 1 aliphatic rings. The second-order valence-corrected chi connectivity index (χ2v) is 9.62. The topological polar surface area (TPSA) is 38.1 Å². The molecule has 0 radical (unpaired) electrons. The first-order chi connectivity index (χ1) is 17.1. The van der Waals surface area contributed by atoms with Gasteiger partial charge < -0.3 is 9.47 Å². The lowest BCUT2D eigenvalue weighted by Gasteiger charge is -2.32. The number of alkyl halides is 3. The molecule has 0 aliphatic carbocycles. The Morgan fingerprint density at radius 3 is 2.58 bits per heavy atom. The van der Waals surface area contributed by atoms with Gasteiger partial charge in [-0.1, -0.05) is 18.2 Å². The Kier molecular flexibility index (Phi) is 6.10. The molecule has 186 valence electrons.